The highest BCUT2D eigenvalue weighted by molar-refractivity contribution is 8.14. The van der Waals surface area contributed by atoms with Crippen LogP contribution in [-0.4, -0.2) is 34.2 Å². The minimum Gasteiger partial charge on any atom is -0.311 e. The molecule has 2 aliphatic rings. The van der Waals surface area contributed by atoms with Gasteiger partial charge in [0.1, 0.15) is 0 Å². The summed E-state index contributed by atoms with van der Waals surface area (Å²) in [7, 11) is 0. The van der Waals surface area contributed by atoms with Crippen LogP contribution in [-0.2, 0) is 9.59 Å². The zero-order valence-electron chi connectivity index (χ0n) is 12.3. The first-order valence-electron chi connectivity index (χ1n) is 7.18. The summed E-state index contributed by atoms with van der Waals surface area (Å²) in [6, 6.07) is 7.57. The van der Waals surface area contributed by atoms with Gasteiger partial charge in [-0.05, 0) is 17.2 Å². The Morgan fingerprint density at radius 2 is 2.23 bits per heavy atom. The van der Waals surface area contributed by atoms with E-state index in [4.69, 9.17) is 0 Å². The molecule has 1 N–H and O–H groups in total. The molecule has 2 heterocycles. The standard InChI is InChI=1S/C16H17N3O2S/c1-11(20)19-8-6-12-4-2-3-5-13(12)14(19)10-15(21)18-16-17-7-9-22-16/h2-6,8,14H,7,9-10H2,1H3,(H,17,18,21)/t14-/m1/s1. The normalized spacial score (nSPS) is 19.6. The first kappa shape index (κ1) is 14.8. The van der Waals surface area contributed by atoms with Crippen molar-refractivity contribution in [2.45, 2.75) is 19.4 Å². The van der Waals surface area contributed by atoms with E-state index in [1.807, 2.05) is 30.3 Å². The number of carbonyl (C=O) groups excluding carboxylic acids is 2. The van der Waals surface area contributed by atoms with E-state index in [2.05, 4.69) is 10.3 Å². The van der Waals surface area contributed by atoms with Crippen molar-refractivity contribution in [3.63, 3.8) is 0 Å². The molecule has 1 aromatic rings. The Morgan fingerprint density at radius 1 is 1.41 bits per heavy atom. The SMILES string of the molecule is CC(=O)N1C=Cc2ccccc2[C@H]1CC(=O)NC1=NCCS1. The van der Waals surface area contributed by atoms with Crippen LogP contribution in [0.25, 0.3) is 6.08 Å². The molecule has 114 valence electrons. The summed E-state index contributed by atoms with van der Waals surface area (Å²) >= 11 is 1.55. The number of amidine groups is 1. The van der Waals surface area contributed by atoms with Gasteiger partial charge >= 0.3 is 0 Å². The van der Waals surface area contributed by atoms with Gasteiger partial charge in [0.15, 0.2) is 5.17 Å². The quantitative estimate of drug-likeness (QED) is 0.910. The predicted octanol–water partition coefficient (Wildman–Crippen LogP) is 2.17. The van der Waals surface area contributed by atoms with Crippen molar-refractivity contribution in [1.82, 2.24) is 10.2 Å². The zero-order chi connectivity index (χ0) is 15.5. The average molecular weight is 315 g/mol. The Kier molecular flexibility index (Phi) is 4.29. The molecule has 0 spiro atoms. The van der Waals surface area contributed by atoms with Gasteiger partial charge in [0, 0.05) is 18.9 Å². The van der Waals surface area contributed by atoms with Crippen molar-refractivity contribution in [2.24, 2.45) is 4.99 Å². The number of benzene rings is 1. The van der Waals surface area contributed by atoms with Crippen LogP contribution < -0.4 is 5.32 Å². The topological polar surface area (TPSA) is 61.8 Å². The van der Waals surface area contributed by atoms with Crippen LogP contribution in [0.1, 0.15) is 30.5 Å². The van der Waals surface area contributed by atoms with Crippen LogP contribution in [0.4, 0.5) is 0 Å². The van der Waals surface area contributed by atoms with Gasteiger partial charge in [-0.1, -0.05) is 36.0 Å². The lowest BCUT2D eigenvalue weighted by Crippen LogP contribution is -2.36. The first-order chi connectivity index (χ1) is 10.6. The summed E-state index contributed by atoms with van der Waals surface area (Å²) in [5.41, 5.74) is 2.04. The van der Waals surface area contributed by atoms with E-state index >= 15 is 0 Å². The highest BCUT2D eigenvalue weighted by Gasteiger charge is 2.28. The number of hydrogen-bond donors (Lipinski definition) is 1. The maximum atomic E-state index is 12.3. The predicted molar refractivity (Wildman–Crippen MR) is 88.3 cm³/mol. The summed E-state index contributed by atoms with van der Waals surface area (Å²) in [5.74, 6) is 0.718. The minimum absolute atomic E-state index is 0.0730. The lowest BCUT2D eigenvalue weighted by Gasteiger charge is -2.32. The molecule has 0 radical (unpaired) electrons. The smallest absolute Gasteiger partial charge is 0.228 e. The van der Waals surface area contributed by atoms with Crippen molar-refractivity contribution in [3.05, 3.63) is 41.6 Å². The second-order valence-electron chi connectivity index (χ2n) is 5.17. The van der Waals surface area contributed by atoms with E-state index in [0.717, 1.165) is 23.4 Å². The molecule has 2 amide bonds. The van der Waals surface area contributed by atoms with E-state index in [0.29, 0.717) is 5.17 Å². The number of nitrogens with zero attached hydrogens (tertiary/aromatic N) is 2. The van der Waals surface area contributed by atoms with E-state index < -0.39 is 0 Å². The lowest BCUT2D eigenvalue weighted by molar-refractivity contribution is -0.129. The molecule has 5 nitrogen and oxygen atoms in total. The molecule has 1 aromatic carbocycles. The second-order valence-corrected chi connectivity index (χ2v) is 6.26. The van der Waals surface area contributed by atoms with Crippen LogP contribution in [0.15, 0.2) is 35.5 Å². The molecule has 0 saturated carbocycles. The fourth-order valence-electron chi connectivity index (χ4n) is 2.67. The molecular weight excluding hydrogens is 298 g/mol. The highest BCUT2D eigenvalue weighted by Crippen LogP contribution is 2.32. The number of amides is 2. The van der Waals surface area contributed by atoms with Crippen LogP contribution in [0.2, 0.25) is 0 Å². The highest BCUT2D eigenvalue weighted by atomic mass is 32.2. The zero-order valence-corrected chi connectivity index (χ0v) is 13.1. The van der Waals surface area contributed by atoms with Crippen molar-refractivity contribution in [1.29, 1.82) is 0 Å². The fraction of sp³-hybridized carbons (Fsp3) is 0.312. The van der Waals surface area contributed by atoms with Gasteiger partial charge in [-0.2, -0.15) is 0 Å². The summed E-state index contributed by atoms with van der Waals surface area (Å²) < 4.78 is 0. The Balaban J connectivity index is 1.80. The Bertz CT molecular complexity index is 669. The molecular formula is C16H17N3O2S. The van der Waals surface area contributed by atoms with Crippen LogP contribution >= 0.6 is 11.8 Å². The molecule has 0 saturated heterocycles. The van der Waals surface area contributed by atoms with Crippen molar-refractivity contribution >= 4 is 34.8 Å². The Hall–Kier alpha value is -2.08. The fourth-order valence-corrected chi connectivity index (χ4v) is 3.41. The Morgan fingerprint density at radius 3 is 2.95 bits per heavy atom. The number of carbonyl (C=O) groups is 2. The summed E-state index contributed by atoms with van der Waals surface area (Å²) in [6.45, 7) is 2.26. The molecule has 6 heteroatoms. The molecule has 0 unspecified atom stereocenters. The summed E-state index contributed by atoms with van der Waals surface area (Å²) in [4.78, 5) is 30.0. The average Bonchev–Trinajstić information content (AvgIpc) is 3.00. The minimum atomic E-state index is -0.272. The van der Waals surface area contributed by atoms with Gasteiger partial charge in [0.25, 0.3) is 0 Å². The molecule has 3 rings (SSSR count). The summed E-state index contributed by atoms with van der Waals surface area (Å²) in [6.07, 6.45) is 3.88. The molecule has 22 heavy (non-hydrogen) atoms. The van der Waals surface area contributed by atoms with Crippen LogP contribution in [0.5, 0.6) is 0 Å². The Labute approximate surface area is 133 Å². The first-order valence-corrected chi connectivity index (χ1v) is 8.17. The van der Waals surface area contributed by atoms with Crippen molar-refractivity contribution in [3.8, 4) is 0 Å². The van der Waals surface area contributed by atoms with Gasteiger partial charge in [-0.25, -0.2) is 0 Å². The van der Waals surface area contributed by atoms with Crippen molar-refractivity contribution < 1.29 is 9.59 Å². The number of rotatable bonds is 2. The second kappa shape index (κ2) is 6.36. The number of thioether (sulfide) groups is 1. The number of hydrogen-bond acceptors (Lipinski definition) is 4. The van der Waals surface area contributed by atoms with Crippen molar-refractivity contribution in [2.75, 3.05) is 12.3 Å². The molecule has 0 fully saturated rings. The lowest BCUT2D eigenvalue weighted by atomic mass is 9.93. The number of aliphatic imine (C=N–C) groups is 1. The van der Waals surface area contributed by atoms with Gasteiger partial charge < -0.3 is 10.2 Å². The van der Waals surface area contributed by atoms with Gasteiger partial charge in [-0.15, -0.1) is 0 Å². The largest absolute Gasteiger partial charge is 0.311 e. The van der Waals surface area contributed by atoms with E-state index in [9.17, 15) is 9.59 Å². The molecule has 1 atom stereocenters. The van der Waals surface area contributed by atoms with E-state index in [-0.39, 0.29) is 24.3 Å². The monoisotopic (exact) mass is 315 g/mol. The number of fused-ring (bicyclic) bond motifs is 1. The third-order valence-electron chi connectivity index (χ3n) is 3.68. The third-order valence-corrected chi connectivity index (χ3v) is 4.57. The van der Waals surface area contributed by atoms with Crippen LogP contribution in [0, 0.1) is 0 Å². The van der Waals surface area contributed by atoms with E-state index in [1.165, 1.54) is 6.92 Å². The van der Waals surface area contributed by atoms with Crippen LogP contribution in [0.3, 0.4) is 0 Å². The molecule has 0 aromatic heterocycles. The molecule has 0 bridgehead atoms. The number of nitrogens with one attached hydrogen (secondary N) is 1. The van der Waals surface area contributed by atoms with Gasteiger partial charge in [0.05, 0.1) is 19.0 Å². The summed E-state index contributed by atoms with van der Waals surface area (Å²) in [5, 5.41) is 3.51. The molecule has 2 aliphatic heterocycles. The van der Waals surface area contributed by atoms with Gasteiger partial charge in [-0.3, -0.25) is 14.6 Å². The van der Waals surface area contributed by atoms with E-state index in [1.54, 1.807) is 22.9 Å². The maximum Gasteiger partial charge on any atom is 0.228 e. The van der Waals surface area contributed by atoms with Gasteiger partial charge in [0.2, 0.25) is 11.8 Å². The third kappa shape index (κ3) is 3.06. The maximum absolute atomic E-state index is 12.3. The molecule has 0 aliphatic carbocycles.